The summed E-state index contributed by atoms with van der Waals surface area (Å²) in [6.45, 7) is 5.06. The molecule has 1 saturated carbocycles. The summed E-state index contributed by atoms with van der Waals surface area (Å²) in [6.07, 6.45) is 10.5. The van der Waals surface area contributed by atoms with Crippen molar-refractivity contribution < 1.29 is 13.2 Å². The van der Waals surface area contributed by atoms with Gasteiger partial charge in [0.1, 0.15) is 4.90 Å². The Morgan fingerprint density at radius 2 is 1.43 bits per heavy atom. The molecule has 2 aliphatic rings. The number of rotatable bonds is 4. The Kier molecular flexibility index (Phi) is 6.86. The van der Waals surface area contributed by atoms with Crippen LogP contribution in [0.2, 0.25) is 0 Å². The largest absolute Gasteiger partial charge is 0.350 e. The van der Waals surface area contributed by atoms with Crippen LogP contribution in [0.1, 0.15) is 86.0 Å². The van der Waals surface area contributed by atoms with Crippen LogP contribution < -0.4 is 4.72 Å². The van der Waals surface area contributed by atoms with Crippen LogP contribution in [0, 0.1) is 13.8 Å². The van der Waals surface area contributed by atoms with Crippen molar-refractivity contribution in [1.29, 1.82) is 0 Å². The van der Waals surface area contributed by atoms with Crippen molar-refractivity contribution in [3.8, 4) is 0 Å². The normalized spacial score (nSPS) is 20.0. The summed E-state index contributed by atoms with van der Waals surface area (Å²) < 4.78 is 31.6. The lowest BCUT2D eigenvalue weighted by molar-refractivity contribution is 0.0719. The van der Waals surface area contributed by atoms with Gasteiger partial charge in [-0.3, -0.25) is 4.79 Å². The standard InChI is InChI=1S/C21H35N3O3S/c1-16-19(21(25)24-14-10-7-11-15-24)20(17(2)23(16)3)28(26,27)22-18-12-8-5-4-6-9-13-18/h18,22H,4-15H2,1-3H3. The molecule has 0 bridgehead atoms. The first-order chi connectivity index (χ1) is 13.3. The Labute approximate surface area is 169 Å². The second kappa shape index (κ2) is 8.99. The number of piperidine rings is 1. The molecule has 2 fully saturated rings. The summed E-state index contributed by atoms with van der Waals surface area (Å²) >= 11 is 0. The molecule has 0 radical (unpaired) electrons. The number of amides is 1. The van der Waals surface area contributed by atoms with E-state index in [2.05, 4.69) is 4.72 Å². The quantitative estimate of drug-likeness (QED) is 0.825. The molecule has 2 heterocycles. The number of carbonyl (C=O) groups excluding carboxylic acids is 1. The molecule has 3 rings (SSSR count). The smallest absolute Gasteiger partial charge is 0.257 e. The Morgan fingerprint density at radius 1 is 0.893 bits per heavy atom. The molecular formula is C21H35N3O3S. The predicted octanol–water partition coefficient (Wildman–Crippen LogP) is 3.66. The van der Waals surface area contributed by atoms with Crippen molar-refractivity contribution in [3.63, 3.8) is 0 Å². The Bertz CT molecular complexity index is 799. The van der Waals surface area contributed by atoms with Crippen molar-refractivity contribution in [2.75, 3.05) is 13.1 Å². The molecule has 1 aromatic rings. The molecule has 0 spiro atoms. The third kappa shape index (κ3) is 4.46. The van der Waals surface area contributed by atoms with Crippen molar-refractivity contribution >= 4 is 15.9 Å². The van der Waals surface area contributed by atoms with Crippen LogP contribution in [0.4, 0.5) is 0 Å². The second-order valence-corrected chi connectivity index (χ2v) is 10.1. The SMILES string of the molecule is Cc1c(C(=O)N2CCCCC2)c(S(=O)(=O)NC2CCCCCCC2)c(C)n1C. The summed E-state index contributed by atoms with van der Waals surface area (Å²) in [4.78, 5) is 15.3. The number of nitrogens with one attached hydrogen (secondary N) is 1. The molecule has 1 aliphatic carbocycles. The molecule has 1 saturated heterocycles. The highest BCUT2D eigenvalue weighted by atomic mass is 32.2. The highest BCUT2D eigenvalue weighted by Crippen LogP contribution is 2.29. The summed E-state index contributed by atoms with van der Waals surface area (Å²) in [5.74, 6) is -0.140. The Balaban J connectivity index is 1.93. The van der Waals surface area contributed by atoms with E-state index in [1.807, 2.05) is 23.4 Å². The average molecular weight is 410 g/mol. The summed E-state index contributed by atoms with van der Waals surface area (Å²) in [6, 6.07) is -0.0387. The predicted molar refractivity (Wildman–Crippen MR) is 111 cm³/mol. The van der Waals surface area contributed by atoms with Crippen molar-refractivity contribution in [2.24, 2.45) is 7.05 Å². The van der Waals surface area contributed by atoms with E-state index in [-0.39, 0.29) is 16.8 Å². The Hall–Kier alpha value is -1.34. The van der Waals surface area contributed by atoms with Crippen molar-refractivity contribution in [2.45, 2.75) is 89.0 Å². The van der Waals surface area contributed by atoms with Gasteiger partial charge in [0.25, 0.3) is 5.91 Å². The maximum absolute atomic E-state index is 13.4. The molecule has 6 nitrogen and oxygen atoms in total. The summed E-state index contributed by atoms with van der Waals surface area (Å²) in [5, 5.41) is 0. The maximum atomic E-state index is 13.4. The third-order valence-corrected chi connectivity index (χ3v) is 8.16. The Morgan fingerprint density at radius 3 is 2.04 bits per heavy atom. The zero-order valence-electron chi connectivity index (χ0n) is 17.6. The van der Waals surface area contributed by atoms with E-state index in [9.17, 15) is 13.2 Å². The van der Waals surface area contributed by atoms with Crippen LogP contribution in [0.15, 0.2) is 4.90 Å². The van der Waals surface area contributed by atoms with Gasteiger partial charge in [-0.15, -0.1) is 0 Å². The van der Waals surface area contributed by atoms with E-state index in [0.29, 0.717) is 24.3 Å². The van der Waals surface area contributed by atoms with Gasteiger partial charge >= 0.3 is 0 Å². The van der Waals surface area contributed by atoms with Crippen molar-refractivity contribution in [3.05, 3.63) is 17.0 Å². The molecule has 1 aromatic heterocycles. The first kappa shape index (κ1) is 21.4. The zero-order chi connectivity index (χ0) is 20.3. The lowest BCUT2D eigenvalue weighted by Gasteiger charge is -2.27. The minimum Gasteiger partial charge on any atom is -0.350 e. The number of aromatic nitrogens is 1. The lowest BCUT2D eigenvalue weighted by Crippen LogP contribution is -2.39. The monoisotopic (exact) mass is 409 g/mol. The van der Waals surface area contributed by atoms with E-state index in [4.69, 9.17) is 0 Å². The number of hydrogen-bond acceptors (Lipinski definition) is 3. The molecule has 1 N–H and O–H groups in total. The lowest BCUT2D eigenvalue weighted by atomic mass is 9.97. The van der Waals surface area contributed by atoms with E-state index in [1.54, 1.807) is 6.92 Å². The molecular weight excluding hydrogens is 374 g/mol. The number of sulfonamides is 1. The fourth-order valence-electron chi connectivity index (χ4n) is 4.60. The van der Waals surface area contributed by atoms with Crippen LogP contribution in [0.5, 0.6) is 0 Å². The van der Waals surface area contributed by atoms with E-state index in [0.717, 1.165) is 50.6 Å². The van der Waals surface area contributed by atoms with Gasteiger partial charge in [0, 0.05) is 37.6 Å². The molecule has 1 aliphatic heterocycles. The summed E-state index contributed by atoms with van der Waals surface area (Å²) in [5.41, 5.74) is 1.72. The molecule has 0 atom stereocenters. The van der Waals surface area contributed by atoms with Gasteiger partial charge in [0.2, 0.25) is 10.0 Å². The van der Waals surface area contributed by atoms with Gasteiger partial charge in [-0.05, 0) is 46.0 Å². The molecule has 158 valence electrons. The molecule has 28 heavy (non-hydrogen) atoms. The fourth-order valence-corrected chi connectivity index (χ4v) is 6.43. The second-order valence-electron chi connectivity index (χ2n) is 8.45. The maximum Gasteiger partial charge on any atom is 0.257 e. The minimum atomic E-state index is -3.75. The van der Waals surface area contributed by atoms with E-state index < -0.39 is 10.0 Å². The van der Waals surface area contributed by atoms with Crippen LogP contribution >= 0.6 is 0 Å². The van der Waals surface area contributed by atoms with Gasteiger partial charge in [-0.2, -0.15) is 0 Å². The number of hydrogen-bond donors (Lipinski definition) is 1. The zero-order valence-corrected chi connectivity index (χ0v) is 18.4. The first-order valence-corrected chi connectivity index (χ1v) is 12.3. The molecule has 0 aromatic carbocycles. The number of carbonyl (C=O) groups is 1. The number of likely N-dealkylation sites (tertiary alicyclic amines) is 1. The van der Waals surface area contributed by atoms with Gasteiger partial charge in [-0.1, -0.05) is 32.1 Å². The van der Waals surface area contributed by atoms with Gasteiger partial charge in [-0.25, -0.2) is 13.1 Å². The average Bonchev–Trinajstić information content (AvgIpc) is 2.88. The van der Waals surface area contributed by atoms with Crippen LogP contribution in [0.3, 0.4) is 0 Å². The van der Waals surface area contributed by atoms with E-state index >= 15 is 0 Å². The summed E-state index contributed by atoms with van der Waals surface area (Å²) in [7, 11) is -1.91. The van der Waals surface area contributed by atoms with E-state index in [1.165, 1.54) is 19.3 Å². The minimum absolute atomic E-state index is 0.0387. The molecule has 1 amide bonds. The fraction of sp³-hybridized carbons (Fsp3) is 0.762. The van der Waals surface area contributed by atoms with Gasteiger partial charge in [0.15, 0.2) is 0 Å². The van der Waals surface area contributed by atoms with Crippen LogP contribution in [-0.2, 0) is 17.1 Å². The van der Waals surface area contributed by atoms with Crippen molar-refractivity contribution in [1.82, 2.24) is 14.2 Å². The topological polar surface area (TPSA) is 71.4 Å². The first-order valence-electron chi connectivity index (χ1n) is 10.8. The highest BCUT2D eigenvalue weighted by Gasteiger charge is 2.34. The molecule has 0 unspecified atom stereocenters. The highest BCUT2D eigenvalue weighted by molar-refractivity contribution is 7.89. The van der Waals surface area contributed by atoms with Crippen LogP contribution in [-0.4, -0.2) is 42.9 Å². The van der Waals surface area contributed by atoms with Gasteiger partial charge in [0.05, 0.1) is 5.56 Å². The third-order valence-electron chi connectivity index (χ3n) is 6.48. The number of nitrogens with zero attached hydrogens (tertiary/aromatic N) is 2. The van der Waals surface area contributed by atoms with Crippen LogP contribution in [0.25, 0.3) is 0 Å². The molecule has 7 heteroatoms. The van der Waals surface area contributed by atoms with Gasteiger partial charge < -0.3 is 9.47 Å².